The molecule has 3 rings (SSSR count). The standard InChI is InChI=1S/C17H16F3N5/c1-10-15(11-5-3-2-4-6-11)12-7-14(23-9-17(18,19)20)22-8-13(12)16(24-10)25-21/h2-8H,9,21H2,1H3,(H,22,23)(H,24,25). The van der Waals surface area contributed by atoms with Crippen molar-refractivity contribution in [1.82, 2.24) is 9.97 Å². The molecule has 3 aromatic rings. The lowest BCUT2D eigenvalue weighted by atomic mass is 9.98. The Morgan fingerprint density at radius 2 is 1.84 bits per heavy atom. The molecule has 4 N–H and O–H groups in total. The first-order valence-corrected chi connectivity index (χ1v) is 7.52. The number of hydrogen-bond donors (Lipinski definition) is 3. The number of alkyl halides is 3. The van der Waals surface area contributed by atoms with Crippen LogP contribution < -0.4 is 16.6 Å². The highest BCUT2D eigenvalue weighted by molar-refractivity contribution is 6.03. The van der Waals surface area contributed by atoms with E-state index in [9.17, 15) is 13.2 Å². The zero-order valence-corrected chi connectivity index (χ0v) is 13.4. The number of nitrogens with one attached hydrogen (secondary N) is 2. The number of benzene rings is 1. The summed E-state index contributed by atoms with van der Waals surface area (Å²) in [6.45, 7) is 0.671. The largest absolute Gasteiger partial charge is 0.405 e. The van der Waals surface area contributed by atoms with Crippen molar-refractivity contribution in [2.24, 2.45) is 5.84 Å². The molecule has 5 nitrogen and oxygen atoms in total. The Labute approximate surface area is 142 Å². The summed E-state index contributed by atoms with van der Waals surface area (Å²) >= 11 is 0. The van der Waals surface area contributed by atoms with Gasteiger partial charge in [-0.15, -0.1) is 0 Å². The van der Waals surface area contributed by atoms with E-state index >= 15 is 0 Å². The van der Waals surface area contributed by atoms with Crippen LogP contribution in [0.3, 0.4) is 0 Å². The highest BCUT2D eigenvalue weighted by Gasteiger charge is 2.27. The number of fused-ring (bicyclic) bond motifs is 1. The Balaban J connectivity index is 2.18. The first-order valence-electron chi connectivity index (χ1n) is 7.52. The minimum absolute atomic E-state index is 0.135. The van der Waals surface area contributed by atoms with Gasteiger partial charge in [0.05, 0.1) is 0 Å². The molecule has 0 spiro atoms. The van der Waals surface area contributed by atoms with Crippen LogP contribution in [0.1, 0.15) is 5.69 Å². The van der Waals surface area contributed by atoms with Gasteiger partial charge in [0, 0.05) is 28.2 Å². The van der Waals surface area contributed by atoms with Gasteiger partial charge in [-0.1, -0.05) is 30.3 Å². The van der Waals surface area contributed by atoms with Crippen molar-refractivity contribution >= 4 is 22.4 Å². The smallest absolute Gasteiger partial charge is 0.361 e. The number of anilines is 2. The number of halogens is 3. The molecule has 0 radical (unpaired) electrons. The molecular formula is C17H16F3N5. The lowest BCUT2D eigenvalue weighted by molar-refractivity contribution is -0.115. The molecule has 0 saturated carbocycles. The van der Waals surface area contributed by atoms with Crippen LogP contribution in [0.4, 0.5) is 24.8 Å². The number of nitrogen functional groups attached to an aromatic ring is 1. The minimum atomic E-state index is -4.32. The van der Waals surface area contributed by atoms with E-state index in [0.29, 0.717) is 22.3 Å². The number of rotatable bonds is 4. The SMILES string of the molecule is Cc1nc(NN)c2cnc(NCC(F)(F)F)cc2c1-c1ccccc1. The highest BCUT2D eigenvalue weighted by atomic mass is 19.4. The van der Waals surface area contributed by atoms with Gasteiger partial charge in [0.15, 0.2) is 0 Å². The Kier molecular flexibility index (Phi) is 4.45. The monoisotopic (exact) mass is 347 g/mol. The van der Waals surface area contributed by atoms with Gasteiger partial charge in [0.2, 0.25) is 0 Å². The fraction of sp³-hybridized carbons (Fsp3) is 0.176. The summed E-state index contributed by atoms with van der Waals surface area (Å²) in [5, 5.41) is 3.65. The molecular weight excluding hydrogens is 331 g/mol. The van der Waals surface area contributed by atoms with Gasteiger partial charge in [-0.2, -0.15) is 13.2 Å². The van der Waals surface area contributed by atoms with E-state index in [1.54, 1.807) is 6.07 Å². The number of hydrazine groups is 1. The van der Waals surface area contributed by atoms with Crippen molar-refractivity contribution < 1.29 is 13.2 Å². The van der Waals surface area contributed by atoms with Gasteiger partial charge in [-0.25, -0.2) is 15.8 Å². The van der Waals surface area contributed by atoms with Gasteiger partial charge in [-0.3, -0.25) is 0 Å². The molecule has 0 saturated heterocycles. The Hall–Kier alpha value is -2.87. The van der Waals surface area contributed by atoms with Crippen LogP contribution in [0, 0.1) is 6.92 Å². The average Bonchev–Trinajstić information content (AvgIpc) is 2.59. The van der Waals surface area contributed by atoms with E-state index in [1.165, 1.54) is 6.20 Å². The van der Waals surface area contributed by atoms with Crippen LogP contribution in [0.15, 0.2) is 42.6 Å². The number of aryl methyl sites for hydroxylation is 1. The summed E-state index contributed by atoms with van der Waals surface area (Å²) in [5.74, 6) is 6.08. The summed E-state index contributed by atoms with van der Waals surface area (Å²) in [6, 6.07) is 11.1. The second-order valence-electron chi connectivity index (χ2n) is 5.52. The predicted molar refractivity (Wildman–Crippen MR) is 92.1 cm³/mol. The maximum absolute atomic E-state index is 12.5. The first kappa shape index (κ1) is 17.0. The molecule has 0 unspecified atom stereocenters. The first-order chi connectivity index (χ1) is 11.9. The number of hydrogen-bond acceptors (Lipinski definition) is 5. The molecule has 2 heterocycles. The van der Waals surface area contributed by atoms with Crippen molar-refractivity contribution in [1.29, 1.82) is 0 Å². The third-order valence-electron chi connectivity index (χ3n) is 3.74. The van der Waals surface area contributed by atoms with E-state index in [1.807, 2.05) is 37.3 Å². The van der Waals surface area contributed by atoms with Gasteiger partial charge >= 0.3 is 6.18 Å². The van der Waals surface area contributed by atoms with E-state index in [-0.39, 0.29) is 5.82 Å². The Bertz CT molecular complexity index is 894. The zero-order chi connectivity index (χ0) is 18.0. The van der Waals surface area contributed by atoms with Gasteiger partial charge in [0.1, 0.15) is 18.2 Å². The van der Waals surface area contributed by atoms with Crippen molar-refractivity contribution in [3.05, 3.63) is 48.3 Å². The molecule has 2 aromatic heterocycles. The quantitative estimate of drug-likeness (QED) is 0.493. The zero-order valence-electron chi connectivity index (χ0n) is 13.4. The fourth-order valence-electron chi connectivity index (χ4n) is 2.70. The maximum atomic E-state index is 12.5. The molecule has 0 atom stereocenters. The Morgan fingerprint density at radius 1 is 1.12 bits per heavy atom. The summed E-state index contributed by atoms with van der Waals surface area (Å²) in [5.41, 5.74) is 4.96. The number of aromatic nitrogens is 2. The van der Waals surface area contributed by atoms with Crippen LogP contribution in [0.5, 0.6) is 0 Å². The second-order valence-corrected chi connectivity index (χ2v) is 5.52. The van der Waals surface area contributed by atoms with Gasteiger partial charge in [-0.05, 0) is 18.6 Å². The van der Waals surface area contributed by atoms with Crippen LogP contribution in [-0.4, -0.2) is 22.7 Å². The van der Waals surface area contributed by atoms with Crippen molar-refractivity contribution in [2.45, 2.75) is 13.1 Å². The normalized spacial score (nSPS) is 11.6. The van der Waals surface area contributed by atoms with Gasteiger partial charge in [0.25, 0.3) is 0 Å². The van der Waals surface area contributed by atoms with Crippen LogP contribution in [0.25, 0.3) is 21.9 Å². The lowest BCUT2D eigenvalue weighted by Gasteiger charge is -2.15. The second kappa shape index (κ2) is 6.56. The average molecular weight is 347 g/mol. The molecule has 1 aromatic carbocycles. The number of nitrogens with two attached hydrogens (primary N) is 1. The molecule has 0 aliphatic rings. The van der Waals surface area contributed by atoms with Crippen molar-refractivity contribution in [3.63, 3.8) is 0 Å². The van der Waals surface area contributed by atoms with Gasteiger partial charge < -0.3 is 10.7 Å². The molecule has 130 valence electrons. The predicted octanol–water partition coefficient (Wildman–Crippen LogP) is 3.87. The fourth-order valence-corrected chi connectivity index (χ4v) is 2.70. The summed E-state index contributed by atoms with van der Waals surface area (Å²) in [4.78, 5) is 8.47. The molecule has 0 bridgehead atoms. The molecule has 25 heavy (non-hydrogen) atoms. The molecule has 0 amide bonds. The third kappa shape index (κ3) is 3.63. The maximum Gasteiger partial charge on any atom is 0.405 e. The van der Waals surface area contributed by atoms with E-state index in [4.69, 9.17) is 5.84 Å². The number of nitrogens with zero attached hydrogens (tertiary/aromatic N) is 2. The molecule has 0 aliphatic heterocycles. The summed E-state index contributed by atoms with van der Waals surface area (Å²) in [6.07, 6.45) is -2.86. The lowest BCUT2D eigenvalue weighted by Crippen LogP contribution is -2.21. The molecule has 0 aliphatic carbocycles. The summed E-state index contributed by atoms with van der Waals surface area (Å²) < 4.78 is 37.4. The summed E-state index contributed by atoms with van der Waals surface area (Å²) in [7, 11) is 0. The number of pyridine rings is 2. The Morgan fingerprint density at radius 3 is 2.48 bits per heavy atom. The van der Waals surface area contributed by atoms with E-state index in [0.717, 1.165) is 11.1 Å². The molecule has 8 heteroatoms. The third-order valence-corrected chi connectivity index (χ3v) is 3.74. The minimum Gasteiger partial charge on any atom is -0.361 e. The topological polar surface area (TPSA) is 75.9 Å². The van der Waals surface area contributed by atoms with Crippen LogP contribution >= 0.6 is 0 Å². The van der Waals surface area contributed by atoms with Crippen LogP contribution in [0.2, 0.25) is 0 Å². The van der Waals surface area contributed by atoms with E-state index < -0.39 is 12.7 Å². The highest BCUT2D eigenvalue weighted by Crippen LogP contribution is 2.35. The van der Waals surface area contributed by atoms with Crippen molar-refractivity contribution in [3.8, 4) is 11.1 Å². The molecule has 0 fully saturated rings. The van der Waals surface area contributed by atoms with E-state index in [2.05, 4.69) is 20.7 Å². The van der Waals surface area contributed by atoms with Crippen LogP contribution in [-0.2, 0) is 0 Å². The van der Waals surface area contributed by atoms with Crippen molar-refractivity contribution in [2.75, 3.05) is 17.3 Å².